The Hall–Kier alpha value is -1.81. The van der Waals surface area contributed by atoms with Crippen molar-refractivity contribution in [2.45, 2.75) is 6.54 Å². The summed E-state index contributed by atoms with van der Waals surface area (Å²) in [5.41, 5.74) is 0.763. The van der Waals surface area contributed by atoms with E-state index in [0.717, 1.165) is 0 Å². The Morgan fingerprint density at radius 2 is 2.18 bits per heavy atom. The van der Waals surface area contributed by atoms with Crippen LogP contribution in [0, 0.1) is 5.82 Å². The molecular weight excluding hydrogens is 245 g/mol. The molecule has 17 heavy (non-hydrogen) atoms. The van der Waals surface area contributed by atoms with Crippen LogP contribution in [-0.4, -0.2) is 15.6 Å². The van der Waals surface area contributed by atoms with Gasteiger partial charge in [0, 0.05) is 12.7 Å². The predicted octanol–water partition coefficient (Wildman–Crippen LogP) is 3.03. The second kappa shape index (κ2) is 4.59. The van der Waals surface area contributed by atoms with Gasteiger partial charge in [-0.2, -0.15) is 0 Å². The van der Waals surface area contributed by atoms with E-state index in [1.807, 2.05) is 0 Å². The molecule has 0 fully saturated rings. The van der Waals surface area contributed by atoms with Gasteiger partial charge in [-0.05, 0) is 23.8 Å². The monoisotopic (exact) mass is 253 g/mol. The highest BCUT2D eigenvalue weighted by Crippen LogP contribution is 2.16. The summed E-state index contributed by atoms with van der Waals surface area (Å²) in [4.78, 5) is 10.9. The highest BCUT2D eigenvalue weighted by molar-refractivity contribution is 6.30. The average Bonchev–Trinajstić information content (AvgIpc) is 2.59. The maximum Gasteiger partial charge on any atom is 0.352 e. The molecule has 0 aliphatic rings. The summed E-state index contributed by atoms with van der Waals surface area (Å²) in [6, 6.07) is 7.37. The molecule has 88 valence electrons. The van der Waals surface area contributed by atoms with E-state index in [1.165, 1.54) is 29.0 Å². The molecule has 0 radical (unpaired) electrons. The van der Waals surface area contributed by atoms with Gasteiger partial charge in [0.25, 0.3) is 0 Å². The van der Waals surface area contributed by atoms with Crippen LogP contribution in [0.25, 0.3) is 0 Å². The van der Waals surface area contributed by atoms with Crippen LogP contribution in [0.5, 0.6) is 0 Å². The van der Waals surface area contributed by atoms with E-state index in [0.29, 0.717) is 10.6 Å². The molecule has 0 bridgehead atoms. The number of carbonyl (C=O) groups is 1. The molecule has 0 aliphatic carbocycles. The number of aromatic carboxylic acids is 1. The van der Waals surface area contributed by atoms with Crippen molar-refractivity contribution in [2.75, 3.05) is 0 Å². The Morgan fingerprint density at radius 1 is 1.41 bits per heavy atom. The van der Waals surface area contributed by atoms with Crippen molar-refractivity contribution in [3.8, 4) is 0 Å². The van der Waals surface area contributed by atoms with Gasteiger partial charge in [-0.3, -0.25) is 0 Å². The van der Waals surface area contributed by atoms with E-state index in [-0.39, 0.29) is 18.1 Å². The first-order valence-electron chi connectivity index (χ1n) is 4.89. The normalized spacial score (nSPS) is 10.5. The van der Waals surface area contributed by atoms with Gasteiger partial charge in [0.15, 0.2) is 0 Å². The zero-order valence-corrected chi connectivity index (χ0v) is 9.49. The summed E-state index contributed by atoms with van der Waals surface area (Å²) in [5.74, 6) is -1.41. The lowest BCUT2D eigenvalue weighted by Gasteiger charge is -2.06. The molecule has 0 saturated heterocycles. The molecule has 0 atom stereocenters. The minimum absolute atomic E-state index is 0.0826. The number of carboxylic acid groups (broad SMARTS) is 1. The molecule has 2 rings (SSSR count). The minimum Gasteiger partial charge on any atom is -0.477 e. The van der Waals surface area contributed by atoms with Crippen molar-refractivity contribution < 1.29 is 14.3 Å². The summed E-state index contributed by atoms with van der Waals surface area (Å²) >= 11 is 5.75. The smallest absolute Gasteiger partial charge is 0.352 e. The molecular formula is C12H9ClFNO2. The highest BCUT2D eigenvalue weighted by atomic mass is 35.5. The molecule has 0 aliphatic heterocycles. The van der Waals surface area contributed by atoms with Crippen LogP contribution >= 0.6 is 11.6 Å². The quantitative estimate of drug-likeness (QED) is 0.914. The van der Waals surface area contributed by atoms with Crippen LogP contribution in [-0.2, 0) is 6.54 Å². The van der Waals surface area contributed by atoms with Crippen molar-refractivity contribution in [3.63, 3.8) is 0 Å². The van der Waals surface area contributed by atoms with Crippen LogP contribution in [0.4, 0.5) is 4.39 Å². The molecule has 0 amide bonds. The second-order valence-electron chi connectivity index (χ2n) is 3.61. The first kappa shape index (κ1) is 11.7. The number of benzene rings is 1. The lowest BCUT2D eigenvalue weighted by atomic mass is 10.2. The molecule has 0 unspecified atom stereocenters. The maximum atomic E-state index is 13.0. The van der Waals surface area contributed by atoms with E-state index in [1.54, 1.807) is 12.1 Å². The first-order chi connectivity index (χ1) is 8.06. The van der Waals surface area contributed by atoms with Crippen LogP contribution in [0.3, 0.4) is 0 Å². The Kier molecular flexibility index (Phi) is 3.15. The van der Waals surface area contributed by atoms with Gasteiger partial charge in [-0.15, -0.1) is 0 Å². The number of halogens is 2. The van der Waals surface area contributed by atoms with Crippen LogP contribution in [0.2, 0.25) is 5.02 Å². The molecule has 1 N–H and O–H groups in total. The number of nitrogens with zero attached hydrogens (tertiary/aromatic N) is 1. The van der Waals surface area contributed by atoms with Gasteiger partial charge in [0.2, 0.25) is 0 Å². The zero-order valence-electron chi connectivity index (χ0n) is 8.73. The van der Waals surface area contributed by atoms with Crippen molar-refractivity contribution in [3.05, 3.63) is 58.6 Å². The Labute approximate surface area is 102 Å². The summed E-state index contributed by atoms with van der Waals surface area (Å²) in [7, 11) is 0. The zero-order chi connectivity index (χ0) is 12.4. The molecule has 3 nitrogen and oxygen atoms in total. The van der Waals surface area contributed by atoms with Gasteiger partial charge in [-0.25, -0.2) is 9.18 Å². The Bertz CT molecular complexity index is 565. The molecule has 0 spiro atoms. The fourth-order valence-corrected chi connectivity index (χ4v) is 1.84. The topological polar surface area (TPSA) is 42.2 Å². The number of rotatable bonds is 3. The third-order valence-electron chi connectivity index (χ3n) is 2.32. The largest absolute Gasteiger partial charge is 0.477 e. The van der Waals surface area contributed by atoms with Crippen molar-refractivity contribution in [2.24, 2.45) is 0 Å². The van der Waals surface area contributed by atoms with Gasteiger partial charge in [0.05, 0.1) is 5.02 Å². The average molecular weight is 254 g/mol. The van der Waals surface area contributed by atoms with E-state index >= 15 is 0 Å². The third-order valence-corrected chi connectivity index (χ3v) is 2.53. The van der Waals surface area contributed by atoms with Crippen molar-refractivity contribution >= 4 is 17.6 Å². The van der Waals surface area contributed by atoms with E-state index in [2.05, 4.69) is 0 Å². The molecule has 5 heteroatoms. The molecule has 1 aromatic carbocycles. The predicted molar refractivity (Wildman–Crippen MR) is 61.9 cm³/mol. The fraction of sp³-hybridized carbons (Fsp3) is 0.0833. The summed E-state index contributed by atoms with van der Waals surface area (Å²) in [6.07, 6.45) is 1.51. The Balaban J connectivity index is 2.32. The molecule has 2 aromatic rings. The standard InChI is InChI=1S/C12H9ClFNO2/c13-9-5-11(12(16)17)15(7-9)6-8-2-1-3-10(14)4-8/h1-5,7H,6H2,(H,16,17). The first-order valence-corrected chi connectivity index (χ1v) is 5.27. The van der Waals surface area contributed by atoms with Crippen molar-refractivity contribution in [1.82, 2.24) is 4.57 Å². The summed E-state index contributed by atoms with van der Waals surface area (Å²) in [5, 5.41) is 9.30. The molecule has 1 heterocycles. The number of carboxylic acids is 1. The van der Waals surface area contributed by atoms with Gasteiger partial charge in [-0.1, -0.05) is 23.7 Å². The minimum atomic E-state index is -1.06. The molecule has 0 saturated carbocycles. The van der Waals surface area contributed by atoms with Gasteiger partial charge in [0.1, 0.15) is 11.5 Å². The van der Waals surface area contributed by atoms with E-state index < -0.39 is 5.97 Å². The molecule has 1 aromatic heterocycles. The fourth-order valence-electron chi connectivity index (χ4n) is 1.62. The van der Waals surface area contributed by atoms with E-state index in [9.17, 15) is 9.18 Å². The Morgan fingerprint density at radius 3 is 2.82 bits per heavy atom. The third kappa shape index (κ3) is 2.65. The number of hydrogen-bond acceptors (Lipinski definition) is 1. The second-order valence-corrected chi connectivity index (χ2v) is 4.04. The lowest BCUT2D eigenvalue weighted by molar-refractivity contribution is 0.0685. The van der Waals surface area contributed by atoms with Crippen LogP contribution in [0.15, 0.2) is 36.5 Å². The summed E-state index contributed by atoms with van der Waals surface area (Å²) in [6.45, 7) is 0.270. The van der Waals surface area contributed by atoms with E-state index in [4.69, 9.17) is 16.7 Å². The SMILES string of the molecule is O=C(O)c1cc(Cl)cn1Cc1cccc(F)c1. The lowest BCUT2D eigenvalue weighted by Crippen LogP contribution is -2.08. The van der Waals surface area contributed by atoms with Crippen LogP contribution in [0.1, 0.15) is 16.1 Å². The highest BCUT2D eigenvalue weighted by Gasteiger charge is 2.11. The maximum absolute atomic E-state index is 13.0. The van der Waals surface area contributed by atoms with Gasteiger partial charge >= 0.3 is 5.97 Å². The van der Waals surface area contributed by atoms with Crippen molar-refractivity contribution in [1.29, 1.82) is 0 Å². The van der Waals surface area contributed by atoms with Gasteiger partial charge < -0.3 is 9.67 Å². The van der Waals surface area contributed by atoms with Crippen LogP contribution < -0.4 is 0 Å². The number of aromatic nitrogens is 1. The number of hydrogen-bond donors (Lipinski definition) is 1. The summed E-state index contributed by atoms with van der Waals surface area (Å²) < 4.78 is 14.5.